The number of nitrogens with zero attached hydrogens (tertiary/aromatic N) is 2. The van der Waals surface area contributed by atoms with Crippen molar-refractivity contribution >= 4 is 22.4 Å². The van der Waals surface area contributed by atoms with Crippen molar-refractivity contribution in [2.45, 2.75) is 12.1 Å². The molecule has 0 fully saturated rings. The smallest absolute Gasteiger partial charge is 0.301 e. The molecule has 0 radical (unpaired) electrons. The zero-order valence-electron chi connectivity index (χ0n) is 16.0. The molecule has 8 heteroatoms. The highest BCUT2D eigenvalue weighted by Crippen LogP contribution is 2.35. The van der Waals surface area contributed by atoms with Crippen LogP contribution in [0.5, 0.6) is 0 Å². The SMILES string of the molecule is O=C(Nc1ncc(-c2cncc(C(F)(F)F)c2)s1)C(c1ccccc1)c1ccccc1. The lowest BCUT2D eigenvalue weighted by molar-refractivity contribution is -0.137. The van der Waals surface area contributed by atoms with Crippen LogP contribution in [0.15, 0.2) is 85.3 Å². The van der Waals surface area contributed by atoms with E-state index in [2.05, 4.69) is 15.3 Å². The minimum atomic E-state index is -4.48. The van der Waals surface area contributed by atoms with Crippen LogP contribution >= 0.6 is 11.3 Å². The van der Waals surface area contributed by atoms with E-state index >= 15 is 0 Å². The van der Waals surface area contributed by atoms with E-state index in [9.17, 15) is 18.0 Å². The largest absolute Gasteiger partial charge is 0.417 e. The standard InChI is InChI=1S/C23H16F3N3OS/c24-23(25,26)18-11-17(12-27-13-18)19-14-28-22(31-19)29-21(30)20(15-7-3-1-4-8-15)16-9-5-2-6-10-16/h1-14,20H,(H,28,29,30). The highest BCUT2D eigenvalue weighted by Gasteiger charge is 2.31. The Morgan fingerprint density at radius 3 is 2.10 bits per heavy atom. The first kappa shape index (κ1) is 20.7. The van der Waals surface area contributed by atoms with Crippen molar-refractivity contribution in [2.75, 3.05) is 5.32 Å². The lowest BCUT2D eigenvalue weighted by Gasteiger charge is -2.17. The van der Waals surface area contributed by atoms with E-state index in [0.29, 0.717) is 10.0 Å². The van der Waals surface area contributed by atoms with Crippen molar-refractivity contribution < 1.29 is 18.0 Å². The number of benzene rings is 2. The molecule has 0 saturated carbocycles. The zero-order valence-corrected chi connectivity index (χ0v) is 16.8. The maximum absolute atomic E-state index is 13.1. The average molecular weight is 439 g/mol. The van der Waals surface area contributed by atoms with Gasteiger partial charge >= 0.3 is 6.18 Å². The van der Waals surface area contributed by atoms with Crippen LogP contribution in [0.2, 0.25) is 0 Å². The van der Waals surface area contributed by atoms with Gasteiger partial charge in [-0.1, -0.05) is 72.0 Å². The summed E-state index contributed by atoms with van der Waals surface area (Å²) in [6, 6.07) is 19.7. The Morgan fingerprint density at radius 1 is 0.903 bits per heavy atom. The number of hydrogen-bond acceptors (Lipinski definition) is 4. The summed E-state index contributed by atoms with van der Waals surface area (Å²) >= 11 is 1.09. The highest BCUT2D eigenvalue weighted by molar-refractivity contribution is 7.19. The number of halogens is 3. The fourth-order valence-electron chi connectivity index (χ4n) is 3.16. The fraction of sp³-hybridized carbons (Fsp3) is 0.0870. The second-order valence-corrected chi connectivity index (χ2v) is 7.76. The lowest BCUT2D eigenvalue weighted by Crippen LogP contribution is -2.22. The van der Waals surface area contributed by atoms with Crippen molar-refractivity contribution in [2.24, 2.45) is 0 Å². The van der Waals surface area contributed by atoms with Gasteiger partial charge in [0.05, 0.1) is 16.4 Å². The fourth-order valence-corrected chi connectivity index (χ4v) is 3.96. The minimum absolute atomic E-state index is 0.277. The number of alkyl halides is 3. The van der Waals surface area contributed by atoms with Gasteiger partial charge in [-0.2, -0.15) is 13.2 Å². The molecule has 4 rings (SSSR count). The lowest BCUT2D eigenvalue weighted by atomic mass is 9.90. The van der Waals surface area contributed by atoms with Crippen LogP contribution < -0.4 is 5.32 Å². The molecule has 4 nitrogen and oxygen atoms in total. The van der Waals surface area contributed by atoms with Crippen LogP contribution in [0.25, 0.3) is 10.4 Å². The molecular formula is C23H16F3N3OS. The molecule has 2 aromatic carbocycles. The van der Waals surface area contributed by atoms with E-state index < -0.39 is 17.7 Å². The summed E-state index contributed by atoms with van der Waals surface area (Å²) in [6.07, 6.45) is -0.941. The molecule has 0 aliphatic carbocycles. The molecule has 0 spiro atoms. The van der Waals surface area contributed by atoms with E-state index in [0.717, 1.165) is 34.7 Å². The van der Waals surface area contributed by atoms with Crippen LogP contribution in [0, 0.1) is 0 Å². The number of amides is 1. The monoisotopic (exact) mass is 439 g/mol. The molecule has 2 aromatic heterocycles. The van der Waals surface area contributed by atoms with E-state index in [1.807, 2.05) is 60.7 Å². The molecule has 0 unspecified atom stereocenters. The third-order valence-corrected chi connectivity index (χ3v) is 5.58. The maximum Gasteiger partial charge on any atom is 0.417 e. The molecule has 2 heterocycles. The van der Waals surface area contributed by atoms with E-state index in [4.69, 9.17) is 0 Å². The van der Waals surface area contributed by atoms with E-state index in [-0.39, 0.29) is 11.5 Å². The second kappa shape index (κ2) is 8.69. The molecular weight excluding hydrogens is 423 g/mol. The summed E-state index contributed by atoms with van der Waals surface area (Å²) in [6.45, 7) is 0. The Bertz CT molecular complexity index is 1140. The van der Waals surface area contributed by atoms with Crippen molar-refractivity contribution in [3.8, 4) is 10.4 Å². The first-order valence-electron chi connectivity index (χ1n) is 9.31. The topological polar surface area (TPSA) is 54.9 Å². The van der Waals surface area contributed by atoms with Crippen LogP contribution in [-0.2, 0) is 11.0 Å². The molecule has 31 heavy (non-hydrogen) atoms. The molecule has 4 aromatic rings. The number of carbonyl (C=O) groups excluding carboxylic acids is 1. The molecule has 156 valence electrons. The van der Waals surface area contributed by atoms with Crippen molar-refractivity contribution in [1.82, 2.24) is 9.97 Å². The van der Waals surface area contributed by atoms with Gasteiger partial charge in [0.2, 0.25) is 5.91 Å². The zero-order chi connectivity index (χ0) is 21.8. The number of thiazole rings is 1. The predicted molar refractivity (Wildman–Crippen MR) is 114 cm³/mol. The summed E-state index contributed by atoms with van der Waals surface area (Å²) in [5.74, 6) is -0.828. The highest BCUT2D eigenvalue weighted by atomic mass is 32.1. The number of nitrogens with one attached hydrogen (secondary N) is 1. The Labute approximate surface area is 180 Å². The van der Waals surface area contributed by atoms with Crippen molar-refractivity contribution in [1.29, 1.82) is 0 Å². The third-order valence-electron chi connectivity index (χ3n) is 4.61. The number of anilines is 1. The minimum Gasteiger partial charge on any atom is -0.301 e. The molecule has 0 aliphatic heterocycles. The van der Waals surface area contributed by atoms with Crippen molar-refractivity contribution in [3.63, 3.8) is 0 Å². The first-order valence-corrected chi connectivity index (χ1v) is 10.1. The van der Waals surface area contributed by atoms with Gasteiger partial charge in [0.1, 0.15) is 0 Å². The number of hydrogen-bond donors (Lipinski definition) is 1. The Balaban J connectivity index is 1.59. The molecule has 0 saturated heterocycles. The molecule has 1 N–H and O–H groups in total. The van der Waals surface area contributed by atoms with Crippen LogP contribution in [0.3, 0.4) is 0 Å². The summed E-state index contributed by atoms with van der Waals surface area (Å²) in [4.78, 5) is 21.5. The van der Waals surface area contributed by atoms with Gasteiger partial charge in [0.25, 0.3) is 0 Å². The van der Waals surface area contributed by atoms with Crippen LogP contribution in [0.1, 0.15) is 22.6 Å². The summed E-state index contributed by atoms with van der Waals surface area (Å²) in [5, 5.41) is 3.10. The number of carbonyl (C=O) groups is 1. The van der Waals surface area contributed by atoms with Crippen molar-refractivity contribution in [3.05, 3.63) is 102 Å². The van der Waals surface area contributed by atoms with Gasteiger partial charge in [-0.05, 0) is 17.2 Å². The quantitative estimate of drug-likeness (QED) is 0.415. The van der Waals surface area contributed by atoms with Gasteiger partial charge in [-0.3, -0.25) is 9.78 Å². The Kier molecular flexibility index (Phi) is 5.81. The normalized spacial score (nSPS) is 11.5. The van der Waals surface area contributed by atoms with Gasteiger partial charge < -0.3 is 5.32 Å². The molecule has 0 bridgehead atoms. The Hall–Kier alpha value is -3.52. The third kappa shape index (κ3) is 4.80. The first-order chi connectivity index (χ1) is 14.9. The Morgan fingerprint density at radius 2 is 1.52 bits per heavy atom. The second-order valence-electron chi connectivity index (χ2n) is 6.73. The number of pyridine rings is 1. The van der Waals surface area contributed by atoms with E-state index in [1.165, 1.54) is 12.4 Å². The maximum atomic E-state index is 13.1. The van der Waals surface area contributed by atoms with Gasteiger partial charge in [0, 0.05) is 24.2 Å². The number of aromatic nitrogens is 2. The van der Waals surface area contributed by atoms with E-state index in [1.54, 1.807) is 0 Å². The molecule has 0 atom stereocenters. The number of rotatable bonds is 5. The molecule has 1 amide bonds. The van der Waals surface area contributed by atoms with Gasteiger partial charge in [-0.15, -0.1) is 0 Å². The average Bonchev–Trinajstić information content (AvgIpc) is 3.23. The summed E-state index contributed by atoms with van der Waals surface area (Å²) in [7, 11) is 0. The van der Waals surface area contributed by atoms with Crippen LogP contribution in [0.4, 0.5) is 18.3 Å². The van der Waals surface area contributed by atoms with Gasteiger partial charge in [0.15, 0.2) is 5.13 Å². The molecule has 0 aliphatic rings. The summed E-state index contributed by atoms with van der Waals surface area (Å²) in [5.41, 5.74) is 1.10. The summed E-state index contributed by atoms with van der Waals surface area (Å²) < 4.78 is 38.9. The predicted octanol–water partition coefficient (Wildman–Crippen LogP) is 5.99. The van der Waals surface area contributed by atoms with Gasteiger partial charge in [-0.25, -0.2) is 4.98 Å². The van der Waals surface area contributed by atoms with Crippen LogP contribution in [-0.4, -0.2) is 15.9 Å².